The molecule has 1 spiro atoms. The number of benzene rings is 2. The number of fused-ring (bicyclic) bond motifs is 1. The Bertz CT molecular complexity index is 2270. The molecule has 2 aromatic carbocycles. The highest BCUT2D eigenvalue weighted by Gasteiger charge is 2.50. The van der Waals surface area contributed by atoms with Crippen LogP contribution in [0.5, 0.6) is 17.4 Å². The van der Waals surface area contributed by atoms with Crippen LogP contribution in [0.15, 0.2) is 54.9 Å². The fourth-order valence-corrected chi connectivity index (χ4v) is 8.55. The second kappa shape index (κ2) is 16.5. The van der Waals surface area contributed by atoms with E-state index in [1.807, 2.05) is 19.1 Å². The molecule has 5 aromatic rings. The van der Waals surface area contributed by atoms with Crippen LogP contribution < -0.4 is 19.1 Å². The Morgan fingerprint density at radius 3 is 2.57 bits per heavy atom. The van der Waals surface area contributed by atoms with Crippen molar-refractivity contribution >= 4 is 45.0 Å². The number of aromatic nitrogens is 4. The lowest BCUT2D eigenvalue weighted by Gasteiger charge is -2.55. The van der Waals surface area contributed by atoms with Gasteiger partial charge in [-0.05, 0) is 60.4 Å². The van der Waals surface area contributed by atoms with Crippen molar-refractivity contribution in [1.82, 2.24) is 28.9 Å². The van der Waals surface area contributed by atoms with E-state index in [1.54, 1.807) is 30.5 Å². The van der Waals surface area contributed by atoms with Crippen molar-refractivity contribution in [3.8, 4) is 28.5 Å². The van der Waals surface area contributed by atoms with Crippen LogP contribution in [0.4, 0.5) is 19.0 Å². The van der Waals surface area contributed by atoms with Crippen molar-refractivity contribution in [2.45, 2.75) is 38.8 Å². The molecule has 1 atom stereocenters. The van der Waals surface area contributed by atoms with Gasteiger partial charge in [-0.25, -0.2) is 9.78 Å². The normalized spacial score (nSPS) is 17.6. The van der Waals surface area contributed by atoms with Crippen molar-refractivity contribution in [1.29, 1.82) is 0 Å². The molecule has 1 N–H and O–H groups in total. The first kappa shape index (κ1) is 40.1. The number of rotatable bonds is 15. The Kier molecular flexibility index (Phi) is 11.4. The lowest BCUT2D eigenvalue weighted by Crippen LogP contribution is -2.66. The van der Waals surface area contributed by atoms with Gasteiger partial charge in [-0.1, -0.05) is 35.9 Å². The maximum absolute atomic E-state index is 13.1. The second-order valence-corrected chi connectivity index (χ2v) is 16.4. The molecule has 0 amide bonds. The molecule has 3 aliphatic heterocycles. The second-order valence-electron chi connectivity index (χ2n) is 15.2. The minimum absolute atomic E-state index is 0.0795. The molecule has 58 heavy (non-hydrogen) atoms. The number of nitrogens with zero attached hydrogens (tertiary/aromatic N) is 7. The summed E-state index contributed by atoms with van der Waals surface area (Å²) in [5, 5.41) is 15.3. The number of anilines is 1. The molecule has 0 radical (unpaired) electrons. The average Bonchev–Trinajstić information content (AvgIpc) is 3.78. The van der Waals surface area contributed by atoms with Gasteiger partial charge in [0.15, 0.2) is 0 Å². The summed E-state index contributed by atoms with van der Waals surface area (Å²) in [6, 6.07) is 12.0. The van der Waals surface area contributed by atoms with Crippen LogP contribution in [0.3, 0.4) is 0 Å². The quantitative estimate of drug-likeness (QED) is 0.129. The number of pyridine rings is 1. The summed E-state index contributed by atoms with van der Waals surface area (Å²) in [5.41, 5.74) is 3.06. The lowest BCUT2D eigenvalue weighted by molar-refractivity contribution is -0.145. The fraction of sp³-hybridized carbons (Fsp3) is 0.450. The first-order valence-electron chi connectivity index (χ1n) is 19.0. The molecule has 0 saturated carbocycles. The van der Waals surface area contributed by atoms with Gasteiger partial charge in [-0.3, -0.25) is 9.58 Å². The van der Waals surface area contributed by atoms with E-state index in [1.165, 1.54) is 12.3 Å². The molecule has 6 heterocycles. The first-order valence-corrected chi connectivity index (χ1v) is 20.1. The number of likely N-dealkylation sites (N-methyl/N-ethyl adjacent to an activating group) is 1. The van der Waals surface area contributed by atoms with E-state index in [-0.39, 0.29) is 30.0 Å². The number of hydrogen-bond donors (Lipinski definition) is 1. The molecule has 8 rings (SSSR count). The molecular formula is C40H43ClF3N7O6S. The molecule has 0 unspecified atom stereocenters. The third kappa shape index (κ3) is 8.54. The zero-order chi connectivity index (χ0) is 40.6. The molecule has 3 fully saturated rings. The Morgan fingerprint density at radius 1 is 1.07 bits per heavy atom. The molecular weight excluding hydrogens is 799 g/mol. The van der Waals surface area contributed by atoms with Crippen LogP contribution in [0, 0.1) is 12.3 Å². The highest BCUT2D eigenvalue weighted by molar-refractivity contribution is 7.13. The number of carboxylic acid groups (broad SMARTS) is 1. The third-order valence-electron chi connectivity index (χ3n) is 10.9. The largest absolute Gasteiger partial charge is 0.491 e. The average molecular weight is 842 g/mol. The van der Waals surface area contributed by atoms with Gasteiger partial charge in [-0.2, -0.15) is 22.6 Å². The monoisotopic (exact) mass is 841 g/mol. The smallest absolute Gasteiger partial charge is 0.408 e. The molecule has 18 heteroatoms. The lowest BCUT2D eigenvalue weighted by atomic mass is 9.77. The maximum Gasteiger partial charge on any atom is 0.408 e. The Hall–Kier alpha value is -4.68. The number of aliphatic carboxylic acids is 1. The predicted octanol–water partition coefficient (Wildman–Crippen LogP) is 6.20. The Morgan fingerprint density at radius 2 is 1.84 bits per heavy atom. The number of carbonyl (C=O) groups is 1. The number of para-hydroxylation sites is 1. The van der Waals surface area contributed by atoms with Crippen LogP contribution in [-0.2, 0) is 29.1 Å². The number of ether oxygens (including phenoxy) is 4. The van der Waals surface area contributed by atoms with Crippen LogP contribution >= 0.6 is 23.1 Å². The van der Waals surface area contributed by atoms with Gasteiger partial charge in [0.1, 0.15) is 37.1 Å². The highest BCUT2D eigenvalue weighted by Crippen LogP contribution is 2.49. The minimum Gasteiger partial charge on any atom is -0.491 e. The van der Waals surface area contributed by atoms with Gasteiger partial charge in [0.2, 0.25) is 12.0 Å². The summed E-state index contributed by atoms with van der Waals surface area (Å²) in [7, 11) is 2.13. The van der Waals surface area contributed by atoms with E-state index in [9.17, 15) is 23.1 Å². The van der Waals surface area contributed by atoms with Gasteiger partial charge in [0.25, 0.3) is 0 Å². The van der Waals surface area contributed by atoms with Gasteiger partial charge < -0.3 is 33.9 Å². The van der Waals surface area contributed by atoms with Crippen LogP contribution in [-0.4, -0.2) is 125 Å². The highest BCUT2D eigenvalue weighted by atomic mass is 35.5. The Labute approximate surface area is 342 Å². The fourth-order valence-electron chi connectivity index (χ4n) is 7.64. The zero-order valence-electron chi connectivity index (χ0n) is 32.0. The van der Waals surface area contributed by atoms with Crippen molar-refractivity contribution in [3.63, 3.8) is 0 Å². The molecule has 3 aliphatic rings. The number of piperazine rings is 1. The van der Waals surface area contributed by atoms with Gasteiger partial charge in [0.05, 0.1) is 39.4 Å². The van der Waals surface area contributed by atoms with Crippen LogP contribution in [0.1, 0.15) is 16.8 Å². The number of halogens is 4. The summed E-state index contributed by atoms with van der Waals surface area (Å²) in [6.45, 7) is 8.60. The summed E-state index contributed by atoms with van der Waals surface area (Å²) < 4.78 is 69.5. The summed E-state index contributed by atoms with van der Waals surface area (Å²) in [6.07, 6.45) is -2.99. The van der Waals surface area contributed by atoms with Gasteiger partial charge in [0, 0.05) is 70.2 Å². The van der Waals surface area contributed by atoms with E-state index < -0.39 is 24.8 Å². The van der Waals surface area contributed by atoms with Gasteiger partial charge in [-0.15, -0.1) is 0 Å². The van der Waals surface area contributed by atoms with E-state index in [2.05, 4.69) is 31.2 Å². The van der Waals surface area contributed by atoms with Crippen molar-refractivity contribution in [2.24, 2.45) is 5.41 Å². The standard InChI is InChI=1S/C40H43ClF3N7O6S/c1-25-28(7-8-30(35(25)41)55-16-15-49-13-11-48(2)12-14-49)33-34-32(18-45-36(33)50-20-39(21-50)23-54-24-39)58-47-37(34)57-31(38(52)53)17-26-5-3-4-6-29(26)56-19-27-9-10-46-51(27)22-40(42,43)44/h3-10,18,31H,11-17,19-24H2,1-2H3,(H,52,53)/t31-/m1/s1. The molecule has 0 aliphatic carbocycles. The SMILES string of the molecule is Cc1c(-c2c(N3CC4(COC4)C3)ncc3snc(O[C@H](Cc4ccccc4OCc4ccnn4CC(F)(F)F)C(=O)O)c23)ccc(OCCN2CCN(C)CC2)c1Cl. The summed E-state index contributed by atoms with van der Waals surface area (Å²) in [4.78, 5) is 24.7. The van der Waals surface area contributed by atoms with Crippen molar-refractivity contribution < 1.29 is 42.0 Å². The number of carboxylic acids is 1. The number of alkyl halides is 3. The van der Waals surface area contributed by atoms with Crippen LogP contribution in [0.2, 0.25) is 5.02 Å². The minimum atomic E-state index is -4.46. The molecule has 3 aromatic heterocycles. The summed E-state index contributed by atoms with van der Waals surface area (Å²) >= 11 is 8.20. The predicted molar refractivity (Wildman–Crippen MR) is 212 cm³/mol. The van der Waals surface area contributed by atoms with E-state index in [0.29, 0.717) is 57.8 Å². The summed E-state index contributed by atoms with van der Waals surface area (Å²) in [5.74, 6) is 0.473. The first-order chi connectivity index (χ1) is 27.9. The van der Waals surface area contributed by atoms with E-state index in [0.717, 1.165) is 78.7 Å². The van der Waals surface area contributed by atoms with Crippen molar-refractivity contribution in [2.75, 3.05) is 77.6 Å². The zero-order valence-corrected chi connectivity index (χ0v) is 33.6. The maximum atomic E-state index is 13.1. The molecule has 13 nitrogen and oxygen atoms in total. The molecule has 3 saturated heterocycles. The topological polar surface area (TPSA) is 128 Å². The molecule has 308 valence electrons. The van der Waals surface area contributed by atoms with Crippen LogP contribution in [0.25, 0.3) is 21.2 Å². The third-order valence-corrected chi connectivity index (χ3v) is 12.2. The molecule has 0 bridgehead atoms. The number of hydrogen-bond acceptors (Lipinski definition) is 12. The Balaban J connectivity index is 1.07. The van der Waals surface area contributed by atoms with Gasteiger partial charge >= 0.3 is 12.1 Å². The van der Waals surface area contributed by atoms with E-state index >= 15 is 0 Å². The van der Waals surface area contributed by atoms with Crippen molar-refractivity contribution in [3.05, 3.63) is 76.7 Å². The van der Waals surface area contributed by atoms with E-state index in [4.69, 9.17) is 35.5 Å².